The minimum Gasteiger partial charge on any atom is -0.389 e. The second-order valence-electron chi connectivity index (χ2n) is 9.06. The predicted octanol–water partition coefficient (Wildman–Crippen LogP) is 6.21. The van der Waals surface area contributed by atoms with Crippen molar-refractivity contribution in [3.8, 4) is 0 Å². The minimum absolute atomic E-state index is 0.293. The normalized spacial score (nSPS) is 32.2. The zero-order valence-electron chi connectivity index (χ0n) is 17.7. The standard InChI is InChI=1S/C24H39NO2S/c1-25-28(27,22-16-12-10-13-17-22)20-24(26)18-14-9-7-5-3-2-4-6-8-11-15-21-19-23(21)24/h10,12-13,16-17,21,23,26H,2-9,11,14-15,18-20H2,1H3/t21-,23+,24?,28?/m1/s1. The summed E-state index contributed by atoms with van der Waals surface area (Å²) in [6.07, 6.45) is 16.0. The van der Waals surface area contributed by atoms with Crippen molar-refractivity contribution >= 4 is 9.73 Å². The summed E-state index contributed by atoms with van der Waals surface area (Å²) in [5.41, 5.74) is -0.836. The van der Waals surface area contributed by atoms with Crippen molar-refractivity contribution in [1.29, 1.82) is 0 Å². The molecular weight excluding hydrogens is 366 g/mol. The molecule has 0 heterocycles. The van der Waals surface area contributed by atoms with Gasteiger partial charge in [-0.25, -0.2) is 8.57 Å². The first-order valence-corrected chi connectivity index (χ1v) is 13.2. The number of hydrogen-bond donors (Lipinski definition) is 1. The SMILES string of the molecule is CN=S(=O)(CC1(O)CCCCCCCCCCCC[C@@H]2C[C@@H]21)c1ccccc1. The molecular formula is C24H39NO2S. The Kier molecular flexibility index (Phi) is 7.99. The summed E-state index contributed by atoms with van der Waals surface area (Å²) in [6.45, 7) is 0. The summed E-state index contributed by atoms with van der Waals surface area (Å²) >= 11 is 0. The fourth-order valence-electron chi connectivity index (χ4n) is 5.07. The molecule has 0 aliphatic heterocycles. The lowest BCUT2D eigenvalue weighted by molar-refractivity contribution is 0.0235. The summed E-state index contributed by atoms with van der Waals surface area (Å²) < 4.78 is 18.0. The maximum atomic E-state index is 13.7. The third kappa shape index (κ3) is 5.82. The van der Waals surface area contributed by atoms with Crippen LogP contribution in [0.1, 0.15) is 83.5 Å². The van der Waals surface area contributed by atoms with Crippen LogP contribution in [-0.2, 0) is 9.73 Å². The third-order valence-electron chi connectivity index (χ3n) is 6.90. The molecule has 0 radical (unpaired) electrons. The van der Waals surface area contributed by atoms with Gasteiger partial charge >= 0.3 is 0 Å². The largest absolute Gasteiger partial charge is 0.389 e. The smallest absolute Gasteiger partial charge is 0.0805 e. The molecule has 28 heavy (non-hydrogen) atoms. The molecule has 2 aliphatic carbocycles. The molecule has 1 N–H and O–H groups in total. The van der Waals surface area contributed by atoms with E-state index < -0.39 is 15.3 Å². The van der Waals surface area contributed by atoms with E-state index in [1.165, 1.54) is 64.2 Å². The molecule has 2 unspecified atom stereocenters. The monoisotopic (exact) mass is 405 g/mol. The van der Waals surface area contributed by atoms with E-state index >= 15 is 0 Å². The summed E-state index contributed by atoms with van der Waals surface area (Å²) in [7, 11) is -0.931. The molecule has 2 fully saturated rings. The first-order valence-electron chi connectivity index (χ1n) is 11.5. The molecule has 1 aromatic rings. The first-order chi connectivity index (χ1) is 13.6. The Labute approximate surface area is 172 Å². The minimum atomic E-state index is -2.58. The molecule has 0 amide bonds. The maximum absolute atomic E-state index is 13.7. The van der Waals surface area contributed by atoms with Crippen molar-refractivity contribution in [3.63, 3.8) is 0 Å². The summed E-state index contributed by atoms with van der Waals surface area (Å²) in [4.78, 5) is 0.763. The molecule has 3 rings (SSSR count). The van der Waals surface area contributed by atoms with E-state index in [1.54, 1.807) is 7.05 Å². The van der Waals surface area contributed by atoms with Crippen LogP contribution in [-0.4, -0.2) is 27.7 Å². The second-order valence-corrected chi connectivity index (χ2v) is 11.5. The van der Waals surface area contributed by atoms with Gasteiger partial charge in [0, 0.05) is 11.9 Å². The van der Waals surface area contributed by atoms with Crippen molar-refractivity contribution in [1.82, 2.24) is 0 Å². The van der Waals surface area contributed by atoms with Crippen LogP contribution in [0.25, 0.3) is 0 Å². The molecule has 4 atom stereocenters. The quantitative estimate of drug-likeness (QED) is 0.650. The van der Waals surface area contributed by atoms with Gasteiger partial charge in [-0.15, -0.1) is 0 Å². The van der Waals surface area contributed by atoms with Crippen molar-refractivity contribution in [2.45, 2.75) is 94.0 Å². The molecule has 158 valence electrons. The van der Waals surface area contributed by atoms with E-state index in [-0.39, 0.29) is 0 Å². The van der Waals surface area contributed by atoms with E-state index in [0.29, 0.717) is 17.6 Å². The second kappa shape index (κ2) is 10.2. The molecule has 3 nitrogen and oxygen atoms in total. The Hall–Kier alpha value is -0.870. The van der Waals surface area contributed by atoms with E-state index in [9.17, 15) is 9.32 Å². The van der Waals surface area contributed by atoms with Gasteiger partial charge in [-0.1, -0.05) is 88.8 Å². The molecule has 0 spiro atoms. The van der Waals surface area contributed by atoms with E-state index in [4.69, 9.17) is 0 Å². The average Bonchev–Trinajstić information content (AvgIpc) is 3.49. The number of aliphatic hydroxyl groups is 1. The van der Waals surface area contributed by atoms with Gasteiger partial charge in [0.25, 0.3) is 0 Å². The summed E-state index contributed by atoms with van der Waals surface area (Å²) in [5, 5.41) is 11.7. The fourth-order valence-corrected chi connectivity index (χ4v) is 7.19. The van der Waals surface area contributed by atoms with Gasteiger partial charge in [0.2, 0.25) is 0 Å². The third-order valence-corrected chi connectivity index (χ3v) is 9.39. The number of nitrogens with zero attached hydrogens (tertiary/aromatic N) is 1. The highest BCUT2D eigenvalue weighted by Crippen LogP contribution is 2.52. The summed E-state index contributed by atoms with van der Waals surface area (Å²) in [6, 6.07) is 9.57. The number of rotatable bonds is 3. The van der Waals surface area contributed by atoms with E-state index in [2.05, 4.69) is 4.36 Å². The number of benzene rings is 1. The van der Waals surface area contributed by atoms with Crippen LogP contribution in [0, 0.1) is 11.8 Å². The average molecular weight is 406 g/mol. The van der Waals surface area contributed by atoms with E-state index in [1.807, 2.05) is 30.3 Å². The predicted molar refractivity (Wildman–Crippen MR) is 118 cm³/mol. The molecule has 0 aromatic heterocycles. The lowest BCUT2D eigenvalue weighted by Crippen LogP contribution is -2.40. The van der Waals surface area contributed by atoms with Crippen LogP contribution >= 0.6 is 0 Å². The molecule has 0 bridgehead atoms. The highest BCUT2D eigenvalue weighted by molar-refractivity contribution is 7.93. The van der Waals surface area contributed by atoms with Gasteiger partial charge < -0.3 is 5.11 Å². The molecule has 4 heteroatoms. The lowest BCUT2D eigenvalue weighted by Gasteiger charge is -2.30. The van der Waals surface area contributed by atoms with Crippen LogP contribution in [0.4, 0.5) is 0 Å². The molecule has 2 aliphatic rings. The Morgan fingerprint density at radius 2 is 1.54 bits per heavy atom. The maximum Gasteiger partial charge on any atom is 0.0805 e. The van der Waals surface area contributed by atoms with Crippen LogP contribution in [0.2, 0.25) is 0 Å². The van der Waals surface area contributed by atoms with Crippen molar-refractivity contribution in [2.24, 2.45) is 16.2 Å². The van der Waals surface area contributed by atoms with Gasteiger partial charge in [0.1, 0.15) is 0 Å². The van der Waals surface area contributed by atoms with Crippen molar-refractivity contribution in [2.75, 3.05) is 12.8 Å². The van der Waals surface area contributed by atoms with Crippen molar-refractivity contribution < 1.29 is 9.32 Å². The number of fused-ring (bicyclic) bond motifs is 1. The topological polar surface area (TPSA) is 49.7 Å². The molecule has 0 saturated heterocycles. The highest BCUT2D eigenvalue weighted by Gasteiger charge is 2.52. The molecule has 2 saturated carbocycles. The van der Waals surface area contributed by atoms with E-state index in [0.717, 1.165) is 24.2 Å². The Morgan fingerprint density at radius 3 is 2.14 bits per heavy atom. The first kappa shape index (κ1) is 21.8. The zero-order valence-corrected chi connectivity index (χ0v) is 18.5. The van der Waals surface area contributed by atoms with Gasteiger partial charge in [0.15, 0.2) is 0 Å². The highest BCUT2D eigenvalue weighted by atomic mass is 32.2. The zero-order chi connectivity index (χ0) is 19.9. The molecule has 1 aromatic carbocycles. The van der Waals surface area contributed by atoms with Crippen LogP contribution in [0.5, 0.6) is 0 Å². The van der Waals surface area contributed by atoms with Gasteiger partial charge in [-0.3, -0.25) is 0 Å². The Bertz CT molecular complexity index is 711. The lowest BCUT2D eigenvalue weighted by atomic mass is 9.90. The van der Waals surface area contributed by atoms with Gasteiger partial charge in [-0.2, -0.15) is 0 Å². The van der Waals surface area contributed by atoms with Crippen LogP contribution < -0.4 is 0 Å². The van der Waals surface area contributed by atoms with Gasteiger partial charge in [0.05, 0.1) is 21.1 Å². The Morgan fingerprint density at radius 1 is 0.964 bits per heavy atom. The van der Waals surface area contributed by atoms with Gasteiger partial charge in [-0.05, 0) is 36.8 Å². The van der Waals surface area contributed by atoms with Crippen LogP contribution in [0.3, 0.4) is 0 Å². The summed E-state index contributed by atoms with van der Waals surface area (Å²) in [5.74, 6) is 1.22. The van der Waals surface area contributed by atoms with Crippen LogP contribution in [0.15, 0.2) is 39.6 Å². The fraction of sp³-hybridized carbons (Fsp3) is 0.750. The van der Waals surface area contributed by atoms with Crippen molar-refractivity contribution in [3.05, 3.63) is 30.3 Å². The number of hydrogen-bond acceptors (Lipinski definition) is 3. The Balaban J connectivity index is 1.74.